The molecule has 1 amide bonds. The molecule has 4 rings (SSSR count). The van der Waals surface area contributed by atoms with Gasteiger partial charge in [0.05, 0.1) is 5.25 Å². The summed E-state index contributed by atoms with van der Waals surface area (Å²) in [5.74, 6) is 0.696. The van der Waals surface area contributed by atoms with Crippen molar-refractivity contribution in [3.05, 3.63) is 89.7 Å². The Morgan fingerprint density at radius 1 is 1.00 bits per heavy atom. The Morgan fingerprint density at radius 2 is 1.76 bits per heavy atom. The van der Waals surface area contributed by atoms with Crippen molar-refractivity contribution in [2.45, 2.75) is 44.1 Å². The van der Waals surface area contributed by atoms with Gasteiger partial charge in [-0.3, -0.25) is 9.78 Å². The highest BCUT2D eigenvalue weighted by Crippen LogP contribution is 2.28. The second-order valence-electron chi connectivity index (χ2n) is 7.95. The molecule has 0 aliphatic carbocycles. The molecule has 1 N–H and O–H groups in total. The lowest BCUT2D eigenvalue weighted by Crippen LogP contribution is -2.24. The number of nitrogens with one attached hydrogen (secondary N) is 1. The monoisotopic (exact) mass is 457 g/mol. The molecule has 2 aromatic carbocycles. The van der Waals surface area contributed by atoms with Gasteiger partial charge < -0.3 is 9.88 Å². The summed E-state index contributed by atoms with van der Waals surface area (Å²) in [6, 6.07) is 20.2. The summed E-state index contributed by atoms with van der Waals surface area (Å²) >= 11 is 1.42. The third-order valence-corrected chi connectivity index (χ3v) is 6.56. The van der Waals surface area contributed by atoms with Crippen LogP contribution in [0.3, 0.4) is 0 Å². The van der Waals surface area contributed by atoms with E-state index in [1.807, 2.05) is 69.3 Å². The number of amides is 1. The topological polar surface area (TPSA) is 72.7 Å². The minimum atomic E-state index is -0.342. The van der Waals surface area contributed by atoms with E-state index in [2.05, 4.69) is 37.2 Å². The summed E-state index contributed by atoms with van der Waals surface area (Å²) < 4.78 is 2.08. The molecule has 0 fully saturated rings. The van der Waals surface area contributed by atoms with E-state index in [1.165, 1.54) is 17.3 Å². The average Bonchev–Trinajstić information content (AvgIpc) is 3.23. The molecule has 0 unspecified atom stereocenters. The zero-order valence-electron chi connectivity index (χ0n) is 19.0. The van der Waals surface area contributed by atoms with Crippen LogP contribution in [0, 0.1) is 13.8 Å². The van der Waals surface area contributed by atoms with Gasteiger partial charge in [0, 0.05) is 30.2 Å². The Balaban J connectivity index is 1.56. The van der Waals surface area contributed by atoms with E-state index < -0.39 is 0 Å². The predicted octanol–water partition coefficient (Wildman–Crippen LogP) is 5.32. The number of anilines is 1. The zero-order valence-corrected chi connectivity index (χ0v) is 19.8. The van der Waals surface area contributed by atoms with Crippen molar-refractivity contribution in [3.8, 4) is 11.4 Å². The SMILES string of the molecule is Cc1cccc(C)c1NC(=O)[C@H](C)Sc1nnc(-c2cccnc2)n1CCc1ccccc1. The first-order chi connectivity index (χ1) is 16.0. The van der Waals surface area contributed by atoms with Crippen molar-refractivity contribution in [2.24, 2.45) is 0 Å². The molecule has 0 aliphatic heterocycles. The van der Waals surface area contributed by atoms with Gasteiger partial charge in [-0.15, -0.1) is 10.2 Å². The summed E-state index contributed by atoms with van der Waals surface area (Å²) in [4.78, 5) is 17.2. The number of carbonyl (C=O) groups excluding carboxylic acids is 1. The maximum atomic E-state index is 13.0. The zero-order chi connectivity index (χ0) is 23.2. The van der Waals surface area contributed by atoms with Crippen molar-refractivity contribution in [3.63, 3.8) is 0 Å². The fraction of sp³-hybridized carbons (Fsp3) is 0.231. The van der Waals surface area contributed by atoms with Gasteiger partial charge in [-0.1, -0.05) is 60.3 Å². The van der Waals surface area contributed by atoms with Crippen LogP contribution in [-0.2, 0) is 17.8 Å². The summed E-state index contributed by atoms with van der Waals surface area (Å²) in [5, 5.41) is 12.3. The molecule has 0 radical (unpaired) electrons. The van der Waals surface area contributed by atoms with Crippen LogP contribution in [0.5, 0.6) is 0 Å². The normalized spacial score (nSPS) is 11.8. The Kier molecular flexibility index (Phi) is 7.19. The summed E-state index contributed by atoms with van der Waals surface area (Å²) in [6.45, 7) is 6.60. The molecule has 0 saturated carbocycles. The van der Waals surface area contributed by atoms with Gasteiger partial charge in [0.25, 0.3) is 0 Å². The van der Waals surface area contributed by atoms with Crippen LogP contribution in [0.2, 0.25) is 0 Å². The molecule has 0 bridgehead atoms. The first-order valence-electron chi connectivity index (χ1n) is 10.9. The van der Waals surface area contributed by atoms with E-state index in [0.717, 1.165) is 34.6 Å². The molecular formula is C26H27N5OS. The van der Waals surface area contributed by atoms with Crippen LogP contribution in [0.15, 0.2) is 78.2 Å². The van der Waals surface area contributed by atoms with Gasteiger partial charge in [0.2, 0.25) is 5.91 Å². The molecule has 1 atom stereocenters. The lowest BCUT2D eigenvalue weighted by atomic mass is 10.1. The van der Waals surface area contributed by atoms with Crippen molar-refractivity contribution in [1.29, 1.82) is 0 Å². The Bertz CT molecular complexity index is 1200. The Labute approximate surface area is 198 Å². The van der Waals surface area contributed by atoms with E-state index in [4.69, 9.17) is 0 Å². The first-order valence-corrected chi connectivity index (χ1v) is 11.8. The van der Waals surface area contributed by atoms with Crippen LogP contribution >= 0.6 is 11.8 Å². The van der Waals surface area contributed by atoms with Crippen molar-refractivity contribution in [1.82, 2.24) is 19.7 Å². The molecule has 33 heavy (non-hydrogen) atoms. The Hall–Kier alpha value is -3.45. The van der Waals surface area contributed by atoms with Gasteiger partial charge in [0.1, 0.15) is 0 Å². The molecule has 6 nitrogen and oxygen atoms in total. The molecule has 0 spiro atoms. The Morgan fingerprint density at radius 3 is 2.45 bits per heavy atom. The molecule has 2 aromatic heterocycles. The van der Waals surface area contributed by atoms with Gasteiger partial charge in [-0.2, -0.15) is 0 Å². The number of benzene rings is 2. The first kappa shape index (κ1) is 22.7. The number of aromatic nitrogens is 4. The summed E-state index contributed by atoms with van der Waals surface area (Å²) in [6.07, 6.45) is 4.36. The highest BCUT2D eigenvalue weighted by molar-refractivity contribution is 8.00. The van der Waals surface area contributed by atoms with Crippen molar-refractivity contribution >= 4 is 23.4 Å². The quantitative estimate of drug-likeness (QED) is 0.363. The number of carbonyl (C=O) groups is 1. The lowest BCUT2D eigenvalue weighted by molar-refractivity contribution is -0.115. The highest BCUT2D eigenvalue weighted by atomic mass is 32.2. The number of rotatable bonds is 8. The summed E-state index contributed by atoms with van der Waals surface area (Å²) in [7, 11) is 0. The summed E-state index contributed by atoms with van der Waals surface area (Å²) in [5.41, 5.74) is 5.10. The maximum absolute atomic E-state index is 13.0. The fourth-order valence-corrected chi connectivity index (χ4v) is 4.49. The average molecular weight is 458 g/mol. The van der Waals surface area contributed by atoms with E-state index in [0.29, 0.717) is 11.7 Å². The maximum Gasteiger partial charge on any atom is 0.237 e. The number of hydrogen-bond donors (Lipinski definition) is 1. The van der Waals surface area contributed by atoms with E-state index >= 15 is 0 Å². The third-order valence-electron chi connectivity index (χ3n) is 5.48. The molecule has 7 heteroatoms. The minimum absolute atomic E-state index is 0.0575. The second kappa shape index (κ2) is 10.4. The lowest BCUT2D eigenvalue weighted by Gasteiger charge is -2.16. The predicted molar refractivity (Wildman–Crippen MR) is 133 cm³/mol. The molecule has 0 saturated heterocycles. The van der Waals surface area contributed by atoms with Crippen molar-refractivity contribution < 1.29 is 4.79 Å². The standard InChI is InChI=1S/C26H27N5OS/c1-18-9-7-10-19(2)23(18)28-25(32)20(3)33-26-30-29-24(22-13-8-15-27-17-22)31(26)16-14-21-11-5-4-6-12-21/h4-13,15,17,20H,14,16H2,1-3H3,(H,28,32)/t20-/m0/s1. The van der Waals surface area contributed by atoms with Gasteiger partial charge >= 0.3 is 0 Å². The fourth-order valence-electron chi connectivity index (χ4n) is 3.62. The number of para-hydroxylation sites is 1. The van der Waals surface area contributed by atoms with Gasteiger partial charge in [-0.05, 0) is 56.0 Å². The van der Waals surface area contributed by atoms with Crippen LogP contribution in [0.4, 0.5) is 5.69 Å². The number of aryl methyl sites for hydroxylation is 3. The number of pyridine rings is 1. The van der Waals surface area contributed by atoms with Crippen molar-refractivity contribution in [2.75, 3.05) is 5.32 Å². The molecule has 4 aromatic rings. The van der Waals surface area contributed by atoms with E-state index in [9.17, 15) is 4.79 Å². The molecule has 168 valence electrons. The van der Waals surface area contributed by atoms with Crippen LogP contribution in [-0.4, -0.2) is 30.9 Å². The minimum Gasteiger partial charge on any atom is -0.325 e. The van der Waals surface area contributed by atoms with Gasteiger partial charge in [-0.25, -0.2) is 0 Å². The number of hydrogen-bond acceptors (Lipinski definition) is 5. The molecule has 2 heterocycles. The van der Waals surface area contributed by atoms with E-state index in [-0.39, 0.29) is 11.2 Å². The molecule has 0 aliphatic rings. The smallest absolute Gasteiger partial charge is 0.237 e. The third kappa shape index (κ3) is 5.49. The second-order valence-corrected chi connectivity index (χ2v) is 9.26. The number of thioether (sulfide) groups is 1. The van der Waals surface area contributed by atoms with Gasteiger partial charge in [0.15, 0.2) is 11.0 Å². The van der Waals surface area contributed by atoms with Crippen LogP contribution in [0.1, 0.15) is 23.6 Å². The highest BCUT2D eigenvalue weighted by Gasteiger charge is 2.22. The van der Waals surface area contributed by atoms with E-state index in [1.54, 1.807) is 12.4 Å². The molecular weight excluding hydrogens is 430 g/mol. The van der Waals surface area contributed by atoms with Crippen LogP contribution in [0.25, 0.3) is 11.4 Å². The number of nitrogens with zero attached hydrogens (tertiary/aromatic N) is 4. The largest absolute Gasteiger partial charge is 0.325 e. The van der Waals surface area contributed by atoms with Crippen LogP contribution < -0.4 is 5.32 Å².